The van der Waals surface area contributed by atoms with Crippen molar-refractivity contribution in [3.8, 4) is 12.1 Å². The van der Waals surface area contributed by atoms with Gasteiger partial charge in [0.1, 0.15) is 0 Å². The highest BCUT2D eigenvalue weighted by Gasteiger charge is 2.09. The standard InChI is InChI=1S/C6H9N3O3S/c7-1-3-9(4-2-8)5-6-13(10,11)12/h3-6H2,(H,10,11,12). The predicted molar refractivity (Wildman–Crippen MR) is 44.1 cm³/mol. The Hall–Kier alpha value is -1.15. The van der Waals surface area contributed by atoms with Crippen LogP contribution in [-0.2, 0) is 10.1 Å². The molecule has 0 rings (SSSR count). The van der Waals surface area contributed by atoms with E-state index < -0.39 is 15.9 Å². The smallest absolute Gasteiger partial charge is 0.266 e. The van der Waals surface area contributed by atoms with Crippen molar-refractivity contribution in [2.45, 2.75) is 0 Å². The molecule has 0 aliphatic carbocycles. The highest BCUT2D eigenvalue weighted by atomic mass is 32.2. The third kappa shape index (κ3) is 7.22. The molecule has 0 aliphatic heterocycles. The fourth-order valence-electron chi connectivity index (χ4n) is 0.658. The maximum absolute atomic E-state index is 10.3. The van der Waals surface area contributed by atoms with Crippen LogP contribution in [0, 0.1) is 22.7 Å². The molecule has 6 nitrogen and oxygen atoms in total. The van der Waals surface area contributed by atoms with Crippen LogP contribution in [0.1, 0.15) is 0 Å². The van der Waals surface area contributed by atoms with E-state index in [0.717, 1.165) is 0 Å². The van der Waals surface area contributed by atoms with Gasteiger partial charge in [-0.15, -0.1) is 0 Å². The largest absolute Gasteiger partial charge is 0.286 e. The molecule has 0 aliphatic rings. The summed E-state index contributed by atoms with van der Waals surface area (Å²) in [7, 11) is -4.02. The van der Waals surface area contributed by atoms with Crippen LogP contribution in [0.3, 0.4) is 0 Å². The van der Waals surface area contributed by atoms with Gasteiger partial charge in [0.15, 0.2) is 0 Å². The molecular formula is C6H9N3O3S. The Balaban J connectivity index is 3.99. The summed E-state index contributed by atoms with van der Waals surface area (Å²) in [5.74, 6) is -0.462. The Labute approximate surface area is 76.7 Å². The molecule has 0 saturated carbocycles. The molecule has 0 fully saturated rings. The van der Waals surface area contributed by atoms with Crippen LogP contribution in [0.15, 0.2) is 0 Å². The molecule has 0 radical (unpaired) electrons. The van der Waals surface area contributed by atoms with Crippen molar-refractivity contribution in [3.05, 3.63) is 0 Å². The van der Waals surface area contributed by atoms with Crippen LogP contribution in [0.5, 0.6) is 0 Å². The Morgan fingerprint density at radius 1 is 1.23 bits per heavy atom. The zero-order valence-electron chi connectivity index (χ0n) is 6.84. The summed E-state index contributed by atoms with van der Waals surface area (Å²) in [6, 6.07) is 3.57. The normalized spacial score (nSPS) is 10.8. The second kappa shape index (κ2) is 5.49. The number of nitrogens with zero attached hydrogens (tertiary/aromatic N) is 3. The van der Waals surface area contributed by atoms with E-state index in [-0.39, 0.29) is 19.6 Å². The first kappa shape index (κ1) is 11.8. The van der Waals surface area contributed by atoms with Gasteiger partial charge < -0.3 is 0 Å². The molecule has 0 atom stereocenters. The van der Waals surface area contributed by atoms with Crippen LogP contribution < -0.4 is 0 Å². The van der Waals surface area contributed by atoms with E-state index in [0.29, 0.717) is 0 Å². The van der Waals surface area contributed by atoms with Crippen molar-refractivity contribution in [2.24, 2.45) is 0 Å². The first-order valence-corrected chi connectivity index (χ1v) is 5.02. The molecule has 7 heteroatoms. The van der Waals surface area contributed by atoms with E-state index in [1.54, 1.807) is 12.1 Å². The minimum absolute atomic E-state index is 0.0139. The molecule has 0 heterocycles. The van der Waals surface area contributed by atoms with E-state index in [9.17, 15) is 8.42 Å². The molecule has 0 aromatic heterocycles. The van der Waals surface area contributed by atoms with Crippen LogP contribution in [0.25, 0.3) is 0 Å². The lowest BCUT2D eigenvalue weighted by molar-refractivity contribution is 0.357. The zero-order chi connectivity index (χ0) is 10.3. The molecule has 0 spiro atoms. The fourth-order valence-corrected chi connectivity index (χ4v) is 1.15. The first-order chi connectivity index (χ1) is 5.99. The summed E-state index contributed by atoms with van der Waals surface area (Å²) in [5.41, 5.74) is 0. The maximum atomic E-state index is 10.3. The summed E-state index contributed by atoms with van der Waals surface area (Å²) in [5, 5.41) is 16.6. The van der Waals surface area contributed by atoms with Crippen molar-refractivity contribution < 1.29 is 13.0 Å². The van der Waals surface area contributed by atoms with Gasteiger partial charge >= 0.3 is 0 Å². The molecule has 0 bridgehead atoms. The average Bonchev–Trinajstić information content (AvgIpc) is 2.00. The van der Waals surface area contributed by atoms with Crippen molar-refractivity contribution >= 4 is 10.1 Å². The SMILES string of the molecule is N#CCN(CC#N)CCS(=O)(=O)O. The molecule has 0 amide bonds. The lowest BCUT2D eigenvalue weighted by Crippen LogP contribution is -2.30. The van der Waals surface area contributed by atoms with E-state index in [1.165, 1.54) is 4.90 Å². The van der Waals surface area contributed by atoms with Gasteiger partial charge in [0.05, 0.1) is 31.0 Å². The molecule has 0 aromatic rings. The molecule has 1 N–H and O–H groups in total. The van der Waals surface area contributed by atoms with Gasteiger partial charge in [0.25, 0.3) is 10.1 Å². The first-order valence-electron chi connectivity index (χ1n) is 3.41. The Morgan fingerprint density at radius 2 is 1.69 bits per heavy atom. The van der Waals surface area contributed by atoms with Crippen molar-refractivity contribution in [1.29, 1.82) is 10.5 Å². The highest BCUT2D eigenvalue weighted by molar-refractivity contribution is 7.85. The van der Waals surface area contributed by atoms with Crippen molar-refractivity contribution in [2.75, 3.05) is 25.4 Å². The summed E-state index contributed by atoms with van der Waals surface area (Å²) in [6.07, 6.45) is 0. The van der Waals surface area contributed by atoms with Crippen LogP contribution >= 0.6 is 0 Å². The lowest BCUT2D eigenvalue weighted by atomic mass is 10.5. The average molecular weight is 203 g/mol. The van der Waals surface area contributed by atoms with Crippen molar-refractivity contribution in [3.63, 3.8) is 0 Å². The van der Waals surface area contributed by atoms with Gasteiger partial charge in [-0.05, 0) is 0 Å². The quantitative estimate of drug-likeness (QED) is 0.464. The van der Waals surface area contributed by atoms with E-state index in [4.69, 9.17) is 15.1 Å². The van der Waals surface area contributed by atoms with E-state index in [2.05, 4.69) is 0 Å². The van der Waals surface area contributed by atoms with E-state index in [1.807, 2.05) is 0 Å². The highest BCUT2D eigenvalue weighted by Crippen LogP contribution is 1.89. The minimum Gasteiger partial charge on any atom is -0.286 e. The lowest BCUT2D eigenvalue weighted by Gasteiger charge is -2.12. The summed E-state index contributed by atoms with van der Waals surface area (Å²) in [6.45, 7) is -0.0634. The summed E-state index contributed by atoms with van der Waals surface area (Å²) >= 11 is 0. The van der Waals surface area contributed by atoms with Crippen LogP contribution in [0.2, 0.25) is 0 Å². The van der Waals surface area contributed by atoms with Gasteiger partial charge in [0.2, 0.25) is 0 Å². The Bertz CT molecular complexity index is 308. The van der Waals surface area contributed by atoms with Gasteiger partial charge in [-0.25, -0.2) is 0 Å². The molecular weight excluding hydrogens is 194 g/mol. The number of nitriles is 2. The maximum Gasteiger partial charge on any atom is 0.266 e. The topological polar surface area (TPSA) is 105 Å². The minimum atomic E-state index is -4.02. The predicted octanol–water partition coefficient (Wildman–Crippen LogP) is -0.777. The number of hydrogen-bond acceptors (Lipinski definition) is 5. The second-order valence-corrected chi connectivity index (χ2v) is 3.88. The van der Waals surface area contributed by atoms with Crippen LogP contribution in [0.4, 0.5) is 0 Å². The van der Waals surface area contributed by atoms with Gasteiger partial charge in [-0.2, -0.15) is 18.9 Å². The third-order valence-electron chi connectivity index (χ3n) is 1.25. The number of rotatable bonds is 5. The summed E-state index contributed by atoms with van der Waals surface area (Å²) < 4.78 is 29.0. The molecule has 13 heavy (non-hydrogen) atoms. The fraction of sp³-hybridized carbons (Fsp3) is 0.667. The summed E-state index contributed by atoms with van der Waals surface area (Å²) in [4.78, 5) is 1.33. The van der Waals surface area contributed by atoms with Crippen LogP contribution in [-0.4, -0.2) is 43.3 Å². The molecule has 0 saturated heterocycles. The monoisotopic (exact) mass is 203 g/mol. The molecule has 0 unspecified atom stereocenters. The molecule has 0 aromatic carbocycles. The Kier molecular flexibility index (Phi) is 5.00. The van der Waals surface area contributed by atoms with Gasteiger partial charge in [-0.1, -0.05) is 0 Å². The third-order valence-corrected chi connectivity index (χ3v) is 1.95. The van der Waals surface area contributed by atoms with Gasteiger partial charge in [-0.3, -0.25) is 9.45 Å². The van der Waals surface area contributed by atoms with Gasteiger partial charge in [0, 0.05) is 6.54 Å². The number of hydrogen-bond donors (Lipinski definition) is 1. The Morgan fingerprint density at radius 3 is 2.00 bits per heavy atom. The van der Waals surface area contributed by atoms with Crippen molar-refractivity contribution in [1.82, 2.24) is 4.90 Å². The second-order valence-electron chi connectivity index (χ2n) is 2.31. The molecule has 72 valence electrons. The zero-order valence-corrected chi connectivity index (χ0v) is 7.66. The van der Waals surface area contributed by atoms with E-state index >= 15 is 0 Å².